The van der Waals surface area contributed by atoms with Crippen molar-refractivity contribution in [2.45, 2.75) is 30.3 Å². The van der Waals surface area contributed by atoms with E-state index in [-0.39, 0.29) is 23.9 Å². The molecule has 35 heavy (non-hydrogen) atoms. The van der Waals surface area contributed by atoms with Crippen molar-refractivity contribution in [2.75, 3.05) is 6.54 Å². The molecule has 178 valence electrons. The summed E-state index contributed by atoms with van der Waals surface area (Å²) in [5.74, 6) is -0.849. The lowest BCUT2D eigenvalue weighted by atomic mass is 10.0. The molecule has 1 aromatic heterocycles. The van der Waals surface area contributed by atoms with Gasteiger partial charge in [-0.3, -0.25) is 9.78 Å². The second kappa shape index (κ2) is 9.56. The molecule has 0 radical (unpaired) electrons. The van der Waals surface area contributed by atoms with Crippen molar-refractivity contribution in [3.63, 3.8) is 0 Å². The van der Waals surface area contributed by atoms with Gasteiger partial charge < -0.3 is 5.32 Å². The number of hydrogen-bond donors (Lipinski definition) is 1. The summed E-state index contributed by atoms with van der Waals surface area (Å²) < 4.78 is 40.6. The molecule has 1 amide bonds. The molecule has 4 aromatic rings. The normalized spacial score (nSPS) is 16.4. The Morgan fingerprint density at radius 2 is 1.80 bits per heavy atom. The van der Waals surface area contributed by atoms with Crippen LogP contribution in [0.25, 0.3) is 22.0 Å². The van der Waals surface area contributed by atoms with E-state index >= 15 is 0 Å². The Labute approximate surface area is 203 Å². The van der Waals surface area contributed by atoms with Gasteiger partial charge in [0.15, 0.2) is 0 Å². The van der Waals surface area contributed by atoms with E-state index in [0.717, 1.165) is 39.7 Å². The van der Waals surface area contributed by atoms with Gasteiger partial charge in [-0.15, -0.1) is 0 Å². The predicted octanol–water partition coefficient (Wildman–Crippen LogP) is 4.51. The third-order valence-electron chi connectivity index (χ3n) is 6.26. The zero-order chi connectivity index (χ0) is 24.4. The minimum atomic E-state index is -3.89. The predicted molar refractivity (Wildman–Crippen MR) is 132 cm³/mol. The number of benzene rings is 3. The van der Waals surface area contributed by atoms with E-state index < -0.39 is 21.9 Å². The van der Waals surface area contributed by atoms with Crippen molar-refractivity contribution < 1.29 is 17.6 Å². The van der Waals surface area contributed by atoms with E-state index in [4.69, 9.17) is 0 Å². The molecular weight excluding hydrogens is 465 g/mol. The molecule has 1 N–H and O–H groups in total. The number of carbonyl (C=O) groups excluding carboxylic acids is 1. The minimum absolute atomic E-state index is 0.0168. The van der Waals surface area contributed by atoms with Crippen LogP contribution in [0, 0.1) is 5.82 Å². The Balaban J connectivity index is 1.29. The molecule has 0 aliphatic carbocycles. The fraction of sp³-hybridized carbons (Fsp3) is 0.185. The van der Waals surface area contributed by atoms with Crippen molar-refractivity contribution in [3.05, 3.63) is 96.4 Å². The molecule has 2 heterocycles. The van der Waals surface area contributed by atoms with Gasteiger partial charge in [0.1, 0.15) is 11.9 Å². The van der Waals surface area contributed by atoms with Crippen LogP contribution in [-0.4, -0.2) is 36.2 Å². The molecule has 0 spiro atoms. The van der Waals surface area contributed by atoms with Crippen molar-refractivity contribution in [1.29, 1.82) is 0 Å². The summed E-state index contributed by atoms with van der Waals surface area (Å²) in [6, 6.07) is 21.8. The van der Waals surface area contributed by atoms with Crippen LogP contribution >= 0.6 is 0 Å². The highest BCUT2D eigenvalue weighted by Gasteiger charge is 2.39. The number of aromatic nitrogens is 1. The molecule has 0 saturated carbocycles. The number of carbonyl (C=O) groups is 1. The molecule has 3 aromatic carbocycles. The van der Waals surface area contributed by atoms with Gasteiger partial charge in [0, 0.05) is 24.7 Å². The van der Waals surface area contributed by atoms with Crippen molar-refractivity contribution in [2.24, 2.45) is 0 Å². The van der Waals surface area contributed by atoms with Gasteiger partial charge >= 0.3 is 0 Å². The lowest BCUT2D eigenvalue weighted by Gasteiger charge is -2.23. The summed E-state index contributed by atoms with van der Waals surface area (Å²) in [4.78, 5) is 17.3. The highest BCUT2D eigenvalue weighted by molar-refractivity contribution is 7.89. The fourth-order valence-electron chi connectivity index (χ4n) is 4.45. The summed E-state index contributed by atoms with van der Waals surface area (Å²) in [5, 5.41) is 3.95. The molecule has 6 nitrogen and oxygen atoms in total. The first kappa shape index (κ1) is 23.1. The first-order valence-electron chi connectivity index (χ1n) is 11.4. The Bertz CT molecular complexity index is 1490. The van der Waals surface area contributed by atoms with Gasteiger partial charge in [-0.25, -0.2) is 12.8 Å². The summed E-state index contributed by atoms with van der Waals surface area (Å²) in [6.45, 7) is 0.535. The van der Waals surface area contributed by atoms with E-state index in [1.807, 2.05) is 48.5 Å². The lowest BCUT2D eigenvalue weighted by Crippen LogP contribution is -2.45. The van der Waals surface area contributed by atoms with Gasteiger partial charge in [-0.2, -0.15) is 4.31 Å². The average molecular weight is 490 g/mol. The maximum Gasteiger partial charge on any atom is 0.243 e. The van der Waals surface area contributed by atoms with Crippen LogP contribution in [0.2, 0.25) is 0 Å². The van der Waals surface area contributed by atoms with Crippen molar-refractivity contribution >= 4 is 26.8 Å². The van der Waals surface area contributed by atoms with Crippen LogP contribution in [0.4, 0.5) is 4.39 Å². The second-order valence-electron chi connectivity index (χ2n) is 8.56. The standard InChI is InChI=1S/C27H24FN3O3S/c28-23-9-11-24(12-10-23)35(33,34)31-15-3-7-26(31)27(32)30-18-19-4-1-5-20(16-19)21-8-13-25-22(17-21)6-2-14-29-25/h1-2,4-6,8-14,16-17,26H,3,7,15,18H2,(H,30,32). The maximum absolute atomic E-state index is 13.2. The zero-order valence-electron chi connectivity index (χ0n) is 18.9. The third-order valence-corrected chi connectivity index (χ3v) is 8.18. The van der Waals surface area contributed by atoms with Crippen LogP contribution in [0.1, 0.15) is 18.4 Å². The highest BCUT2D eigenvalue weighted by Crippen LogP contribution is 2.27. The summed E-state index contributed by atoms with van der Waals surface area (Å²) in [7, 11) is -3.89. The Kier molecular flexibility index (Phi) is 6.32. The fourth-order valence-corrected chi connectivity index (χ4v) is 6.11. The van der Waals surface area contributed by atoms with Gasteiger partial charge in [-0.1, -0.05) is 30.3 Å². The SMILES string of the molecule is O=C(NCc1cccc(-c2ccc3ncccc3c2)c1)C1CCCN1S(=O)(=O)c1ccc(F)cc1. The molecule has 1 aliphatic heterocycles. The maximum atomic E-state index is 13.2. The van der Waals surface area contributed by atoms with Gasteiger partial charge in [0.25, 0.3) is 0 Å². The van der Waals surface area contributed by atoms with Crippen LogP contribution in [0.5, 0.6) is 0 Å². The number of sulfonamides is 1. The Morgan fingerprint density at radius 1 is 1.00 bits per heavy atom. The Morgan fingerprint density at radius 3 is 2.63 bits per heavy atom. The number of fused-ring (bicyclic) bond motifs is 1. The van der Waals surface area contributed by atoms with Crippen LogP contribution < -0.4 is 5.32 Å². The van der Waals surface area contributed by atoms with Gasteiger partial charge in [0.05, 0.1) is 10.4 Å². The molecular formula is C27H24FN3O3S. The number of amides is 1. The second-order valence-corrected chi connectivity index (χ2v) is 10.4. The van der Waals surface area contributed by atoms with Crippen LogP contribution in [-0.2, 0) is 21.4 Å². The Hall–Kier alpha value is -3.62. The summed E-state index contributed by atoms with van der Waals surface area (Å²) in [5.41, 5.74) is 3.90. The lowest BCUT2D eigenvalue weighted by molar-refractivity contribution is -0.124. The number of nitrogens with zero attached hydrogens (tertiary/aromatic N) is 2. The molecule has 1 aliphatic rings. The van der Waals surface area contributed by atoms with E-state index in [1.165, 1.54) is 16.4 Å². The van der Waals surface area contributed by atoms with E-state index in [9.17, 15) is 17.6 Å². The van der Waals surface area contributed by atoms with Gasteiger partial charge in [0.2, 0.25) is 15.9 Å². The molecule has 1 saturated heterocycles. The van der Waals surface area contributed by atoms with Crippen molar-refractivity contribution in [3.8, 4) is 11.1 Å². The molecule has 8 heteroatoms. The van der Waals surface area contributed by atoms with Gasteiger partial charge in [-0.05, 0) is 78.1 Å². The first-order chi connectivity index (χ1) is 16.9. The number of nitrogens with one attached hydrogen (secondary N) is 1. The number of hydrogen-bond acceptors (Lipinski definition) is 4. The molecule has 1 atom stereocenters. The topological polar surface area (TPSA) is 79.4 Å². The van der Waals surface area contributed by atoms with E-state index in [2.05, 4.69) is 16.4 Å². The monoisotopic (exact) mass is 489 g/mol. The van der Waals surface area contributed by atoms with E-state index in [1.54, 1.807) is 6.20 Å². The molecule has 5 rings (SSSR count). The number of halogens is 1. The van der Waals surface area contributed by atoms with Crippen molar-refractivity contribution in [1.82, 2.24) is 14.6 Å². The molecule has 1 unspecified atom stereocenters. The number of rotatable bonds is 6. The zero-order valence-corrected chi connectivity index (χ0v) is 19.7. The third kappa shape index (κ3) is 4.80. The quantitative estimate of drug-likeness (QED) is 0.432. The van der Waals surface area contributed by atoms with Crippen LogP contribution in [0.15, 0.2) is 90.0 Å². The van der Waals surface area contributed by atoms with E-state index in [0.29, 0.717) is 12.8 Å². The smallest absolute Gasteiger partial charge is 0.243 e. The summed E-state index contributed by atoms with van der Waals surface area (Å²) >= 11 is 0. The average Bonchev–Trinajstić information content (AvgIpc) is 3.39. The molecule has 0 bridgehead atoms. The van der Waals surface area contributed by atoms with Crippen LogP contribution in [0.3, 0.4) is 0 Å². The number of pyridine rings is 1. The first-order valence-corrected chi connectivity index (χ1v) is 12.8. The highest BCUT2D eigenvalue weighted by atomic mass is 32.2. The largest absolute Gasteiger partial charge is 0.351 e. The minimum Gasteiger partial charge on any atom is -0.351 e. The summed E-state index contributed by atoms with van der Waals surface area (Å²) in [6.07, 6.45) is 2.80. The molecule has 1 fully saturated rings.